The third kappa shape index (κ3) is 5.94. The lowest BCUT2D eigenvalue weighted by Gasteiger charge is -2.42. The van der Waals surface area contributed by atoms with Crippen molar-refractivity contribution < 1.29 is 54.7 Å². The number of halogens is 2. The number of aromatic nitrogens is 1. The Morgan fingerprint density at radius 2 is 1.38 bits per heavy atom. The normalized spacial score (nSPS) is 38.3. The summed E-state index contributed by atoms with van der Waals surface area (Å²) in [5.41, 5.74) is 0.788. The van der Waals surface area contributed by atoms with Crippen molar-refractivity contribution in [3.8, 4) is 5.75 Å². The van der Waals surface area contributed by atoms with Gasteiger partial charge in [-0.15, -0.1) is 0 Å². The number of ether oxygens (including phenoxy) is 4. The standard InChI is InChI=1S/C20H27NO11.I2/c22-6-11-13(23)15(25)17(27)19(31-11)29-7-12-14(24)16(26)18(28)20(32-12)30-10-5-21-9-4-2-1-3-8(9)10;1-2/h1-5,11-28H,6-7H2;/t11?,12?,13-,14-,15?,16?,17?,18?,19-,20-;/m1./s1. The summed E-state index contributed by atoms with van der Waals surface area (Å²) in [5.74, 6) is 0.363. The smallest absolute Gasteiger partial charge is 0.229 e. The van der Waals surface area contributed by atoms with Crippen molar-refractivity contribution in [2.75, 3.05) is 13.2 Å². The lowest BCUT2D eigenvalue weighted by atomic mass is 9.98. The fourth-order valence-electron chi connectivity index (χ4n) is 3.81. The van der Waals surface area contributed by atoms with Crippen LogP contribution in [0.3, 0.4) is 0 Å². The van der Waals surface area contributed by atoms with Gasteiger partial charge in [0.15, 0.2) is 6.29 Å². The van der Waals surface area contributed by atoms with E-state index in [0.717, 1.165) is 10.9 Å². The predicted octanol–water partition coefficient (Wildman–Crippen LogP) is -1.06. The van der Waals surface area contributed by atoms with Crippen LogP contribution in [-0.2, 0) is 14.2 Å². The lowest BCUT2D eigenvalue weighted by molar-refractivity contribution is -0.323. The van der Waals surface area contributed by atoms with Gasteiger partial charge in [-0.2, -0.15) is 0 Å². The number of benzene rings is 1. The molecular formula is C20H27I2NO11. The maximum absolute atomic E-state index is 10.3. The largest absolute Gasteiger partial charge is 0.460 e. The molecule has 2 aromatic rings. The number of aromatic amines is 1. The summed E-state index contributed by atoms with van der Waals surface area (Å²) in [6.07, 6.45) is -13.2. The lowest BCUT2D eigenvalue weighted by Crippen LogP contribution is -2.62. The molecule has 0 spiro atoms. The number of aliphatic hydroxyl groups is 7. The molecular weight excluding hydrogens is 684 g/mol. The van der Waals surface area contributed by atoms with Gasteiger partial charge in [-0.3, -0.25) is 0 Å². The summed E-state index contributed by atoms with van der Waals surface area (Å²) in [7, 11) is 0. The van der Waals surface area contributed by atoms with Gasteiger partial charge in [0.1, 0.15) is 54.6 Å². The number of rotatable bonds is 6. The van der Waals surface area contributed by atoms with E-state index in [1.165, 1.54) is 0 Å². The van der Waals surface area contributed by atoms with Gasteiger partial charge in [0, 0.05) is 54.3 Å². The van der Waals surface area contributed by atoms with E-state index in [-0.39, 0.29) is 0 Å². The van der Waals surface area contributed by atoms with E-state index in [1.807, 2.05) is 12.1 Å². The van der Waals surface area contributed by atoms with Gasteiger partial charge < -0.3 is 59.7 Å². The second-order valence-electron chi connectivity index (χ2n) is 7.86. The Kier molecular flexibility index (Phi) is 10.6. The van der Waals surface area contributed by atoms with E-state index in [0.29, 0.717) is 5.75 Å². The molecule has 14 heteroatoms. The van der Waals surface area contributed by atoms with Crippen LogP contribution in [0.25, 0.3) is 10.9 Å². The molecule has 4 rings (SSSR count). The van der Waals surface area contributed by atoms with Gasteiger partial charge >= 0.3 is 0 Å². The number of nitrogens with one attached hydrogen (secondary N) is 1. The Morgan fingerprint density at radius 3 is 2.06 bits per heavy atom. The minimum Gasteiger partial charge on any atom is -0.460 e. The summed E-state index contributed by atoms with van der Waals surface area (Å²) in [6, 6.07) is 7.26. The molecule has 6 unspecified atom stereocenters. The van der Waals surface area contributed by atoms with Gasteiger partial charge in [-0.05, 0) is 12.1 Å². The molecule has 2 fully saturated rings. The fraction of sp³-hybridized carbons (Fsp3) is 0.600. The maximum atomic E-state index is 10.3. The number of fused-ring (bicyclic) bond motifs is 1. The van der Waals surface area contributed by atoms with E-state index in [9.17, 15) is 35.7 Å². The molecule has 0 bridgehead atoms. The van der Waals surface area contributed by atoms with Crippen LogP contribution in [0.5, 0.6) is 5.75 Å². The monoisotopic (exact) mass is 711 g/mol. The maximum Gasteiger partial charge on any atom is 0.229 e. The molecule has 3 heterocycles. The first-order valence-corrected chi connectivity index (χ1v) is 16.6. The molecule has 2 saturated heterocycles. The molecule has 0 aliphatic carbocycles. The summed E-state index contributed by atoms with van der Waals surface area (Å²) in [5, 5.41) is 70.6. The number of para-hydroxylation sites is 1. The van der Waals surface area contributed by atoms with Crippen LogP contribution in [0.2, 0.25) is 0 Å². The minimum atomic E-state index is -1.64. The Morgan fingerprint density at radius 1 is 0.794 bits per heavy atom. The average Bonchev–Trinajstić information content (AvgIpc) is 3.27. The fourth-order valence-corrected chi connectivity index (χ4v) is 3.81. The topological polar surface area (TPSA) is 194 Å². The van der Waals surface area contributed by atoms with E-state index < -0.39 is 74.6 Å². The molecule has 2 aliphatic heterocycles. The molecule has 0 saturated carbocycles. The molecule has 1 aromatic carbocycles. The second-order valence-corrected chi connectivity index (χ2v) is 7.86. The molecule has 1 aromatic heterocycles. The zero-order valence-electron chi connectivity index (χ0n) is 17.6. The second kappa shape index (κ2) is 12.7. The van der Waals surface area contributed by atoms with Crippen LogP contribution >= 0.6 is 37.2 Å². The van der Waals surface area contributed by atoms with Crippen molar-refractivity contribution in [2.45, 2.75) is 61.4 Å². The first kappa shape index (κ1) is 28.2. The van der Waals surface area contributed by atoms with Gasteiger partial charge in [0.25, 0.3) is 0 Å². The molecule has 10 atom stereocenters. The Balaban J connectivity index is 0.00000158. The summed E-state index contributed by atoms with van der Waals surface area (Å²) >= 11 is 4.24. The van der Waals surface area contributed by atoms with Gasteiger partial charge in [0.05, 0.1) is 13.2 Å². The van der Waals surface area contributed by atoms with Crippen LogP contribution in [0.1, 0.15) is 0 Å². The van der Waals surface area contributed by atoms with E-state index in [4.69, 9.17) is 18.9 Å². The van der Waals surface area contributed by atoms with E-state index in [2.05, 4.69) is 42.2 Å². The first-order chi connectivity index (χ1) is 16.3. The number of hydrogen-bond donors (Lipinski definition) is 8. The van der Waals surface area contributed by atoms with E-state index >= 15 is 0 Å². The van der Waals surface area contributed by atoms with Crippen LogP contribution in [0.15, 0.2) is 30.5 Å². The van der Waals surface area contributed by atoms with E-state index in [1.54, 1.807) is 18.3 Å². The van der Waals surface area contributed by atoms with Crippen molar-refractivity contribution in [1.82, 2.24) is 4.98 Å². The molecule has 8 N–H and O–H groups in total. The van der Waals surface area contributed by atoms with Crippen molar-refractivity contribution in [2.24, 2.45) is 0 Å². The minimum absolute atomic E-state index is 0.363. The van der Waals surface area contributed by atoms with Gasteiger partial charge in [0.2, 0.25) is 6.29 Å². The number of aliphatic hydroxyl groups excluding tert-OH is 7. The highest BCUT2D eigenvalue weighted by Crippen LogP contribution is 2.30. The van der Waals surface area contributed by atoms with Crippen molar-refractivity contribution in [3.05, 3.63) is 30.5 Å². The molecule has 34 heavy (non-hydrogen) atoms. The Labute approximate surface area is 217 Å². The summed E-state index contributed by atoms with van der Waals surface area (Å²) in [4.78, 5) is 3.01. The van der Waals surface area contributed by atoms with Crippen LogP contribution < -0.4 is 4.74 Å². The molecule has 0 radical (unpaired) electrons. The van der Waals surface area contributed by atoms with Crippen LogP contribution in [0, 0.1) is 0 Å². The Bertz CT molecular complexity index is 902. The Hall–Kier alpha value is -0.380. The highest BCUT2D eigenvalue weighted by atomic mass is 128. The summed E-state index contributed by atoms with van der Waals surface area (Å²) in [6.45, 7) is -1.06. The van der Waals surface area contributed by atoms with Gasteiger partial charge in [-0.1, -0.05) is 12.1 Å². The van der Waals surface area contributed by atoms with Crippen molar-refractivity contribution in [3.63, 3.8) is 0 Å². The highest BCUT2D eigenvalue weighted by molar-refractivity contribution is 15.0. The zero-order valence-corrected chi connectivity index (χ0v) is 21.9. The predicted molar refractivity (Wildman–Crippen MR) is 133 cm³/mol. The quantitative estimate of drug-likeness (QED) is 0.171. The number of hydrogen-bond acceptors (Lipinski definition) is 11. The summed E-state index contributed by atoms with van der Waals surface area (Å²) < 4.78 is 22.0. The highest BCUT2D eigenvalue weighted by Gasteiger charge is 2.47. The molecule has 192 valence electrons. The van der Waals surface area contributed by atoms with Crippen molar-refractivity contribution >= 4 is 48.1 Å². The molecule has 2 aliphatic rings. The van der Waals surface area contributed by atoms with Crippen molar-refractivity contribution in [1.29, 1.82) is 0 Å². The third-order valence-corrected chi connectivity index (χ3v) is 5.74. The van der Waals surface area contributed by atoms with Crippen LogP contribution in [0.4, 0.5) is 0 Å². The molecule has 0 amide bonds. The zero-order chi connectivity index (χ0) is 25.0. The third-order valence-electron chi connectivity index (χ3n) is 5.74. The molecule has 12 nitrogen and oxygen atoms in total. The number of H-pyrrole nitrogens is 1. The average molecular weight is 711 g/mol. The van der Waals surface area contributed by atoms with Gasteiger partial charge in [-0.25, -0.2) is 0 Å². The SMILES string of the molecule is II.OCC1O[C@@H](OCC2O[C@@H](Oc3c[nH]c4ccccc34)C(O)C(O)[C@@H]2O)C(O)C(O)[C@@H]1O. The first-order valence-electron chi connectivity index (χ1n) is 10.3. The van der Waals surface area contributed by atoms with Crippen LogP contribution in [-0.4, -0.2) is 115 Å².